The van der Waals surface area contributed by atoms with Crippen LogP contribution in [0.15, 0.2) is 53.7 Å². The van der Waals surface area contributed by atoms with Crippen LogP contribution in [0.3, 0.4) is 0 Å². The van der Waals surface area contributed by atoms with Gasteiger partial charge in [-0.2, -0.15) is 4.91 Å². The molecule has 7 nitrogen and oxygen atoms in total. The average Bonchev–Trinajstić information content (AvgIpc) is 3.55. The van der Waals surface area contributed by atoms with Gasteiger partial charge in [-0.05, 0) is 49.4 Å². The lowest BCUT2D eigenvalue weighted by Gasteiger charge is -2.29. The normalized spacial score (nSPS) is 17.9. The number of hydrogen-bond acceptors (Lipinski definition) is 5. The number of nitroso groups, excluding NO2 is 1. The van der Waals surface area contributed by atoms with Crippen molar-refractivity contribution in [2.24, 2.45) is 12.2 Å². The molecule has 0 spiro atoms. The van der Waals surface area contributed by atoms with Crippen LogP contribution < -0.4 is 0 Å². The van der Waals surface area contributed by atoms with Crippen LogP contribution in [0, 0.1) is 4.91 Å². The van der Waals surface area contributed by atoms with Crippen molar-refractivity contribution >= 4 is 17.5 Å². The molecule has 164 valence electrons. The maximum absolute atomic E-state index is 12.9. The van der Waals surface area contributed by atoms with E-state index in [1.165, 1.54) is 5.56 Å². The van der Waals surface area contributed by atoms with E-state index in [0.717, 1.165) is 24.2 Å². The Kier molecular flexibility index (Phi) is 5.29. The van der Waals surface area contributed by atoms with Gasteiger partial charge in [-0.15, -0.1) is 10.2 Å². The van der Waals surface area contributed by atoms with Gasteiger partial charge in [0.2, 0.25) is 0 Å². The second kappa shape index (κ2) is 8.13. The van der Waals surface area contributed by atoms with Gasteiger partial charge in [-0.3, -0.25) is 4.79 Å². The molecule has 1 aliphatic heterocycles. The second-order valence-electron chi connectivity index (χ2n) is 8.68. The summed E-state index contributed by atoms with van der Waals surface area (Å²) in [4.78, 5) is 25.4. The standard InChI is InChI=1S/C24H24ClN5O2/c1-29-21(26-27-23(29)24(11-12-24)17-5-3-2-4-6-17)19-8-7-16(15-20(19)25)22(31)30-13-9-18(28-32)10-14-30/h2-8,15,18H,9-14H2,1H3. The summed E-state index contributed by atoms with van der Waals surface area (Å²) in [6.45, 7) is 1.06. The van der Waals surface area contributed by atoms with Gasteiger partial charge in [-0.25, -0.2) is 0 Å². The quantitative estimate of drug-likeness (QED) is 0.533. The third-order valence-electron chi connectivity index (χ3n) is 6.74. The number of rotatable bonds is 5. The zero-order valence-corrected chi connectivity index (χ0v) is 18.6. The molecule has 5 rings (SSSR count). The summed E-state index contributed by atoms with van der Waals surface area (Å²) in [5, 5.41) is 12.6. The van der Waals surface area contributed by atoms with Crippen LogP contribution in [-0.2, 0) is 12.5 Å². The summed E-state index contributed by atoms with van der Waals surface area (Å²) in [7, 11) is 1.97. The second-order valence-corrected chi connectivity index (χ2v) is 9.08. The third-order valence-corrected chi connectivity index (χ3v) is 7.05. The molecule has 32 heavy (non-hydrogen) atoms. The number of aromatic nitrogens is 3. The van der Waals surface area contributed by atoms with E-state index in [2.05, 4.69) is 39.6 Å². The van der Waals surface area contributed by atoms with Crippen molar-refractivity contribution in [2.75, 3.05) is 13.1 Å². The van der Waals surface area contributed by atoms with E-state index in [9.17, 15) is 9.70 Å². The molecular weight excluding hydrogens is 426 g/mol. The highest BCUT2D eigenvalue weighted by atomic mass is 35.5. The van der Waals surface area contributed by atoms with E-state index in [0.29, 0.717) is 42.3 Å². The Morgan fingerprint density at radius 3 is 2.44 bits per heavy atom. The van der Waals surface area contributed by atoms with Crippen LogP contribution in [0.1, 0.15) is 47.4 Å². The maximum Gasteiger partial charge on any atom is 0.253 e. The fourth-order valence-electron chi connectivity index (χ4n) is 4.69. The van der Waals surface area contributed by atoms with Crippen LogP contribution in [0.2, 0.25) is 5.02 Å². The molecule has 0 radical (unpaired) electrons. The lowest BCUT2D eigenvalue weighted by Crippen LogP contribution is -2.39. The Bertz CT molecular complexity index is 1160. The van der Waals surface area contributed by atoms with Crippen LogP contribution >= 0.6 is 11.6 Å². The highest BCUT2D eigenvalue weighted by Crippen LogP contribution is 2.53. The third kappa shape index (κ3) is 3.50. The highest BCUT2D eigenvalue weighted by Gasteiger charge is 2.49. The van der Waals surface area contributed by atoms with E-state index in [1.54, 1.807) is 17.0 Å². The Balaban J connectivity index is 1.40. The van der Waals surface area contributed by atoms with Gasteiger partial charge < -0.3 is 9.47 Å². The molecule has 2 fully saturated rings. The van der Waals surface area contributed by atoms with Crippen LogP contribution in [0.4, 0.5) is 0 Å². The lowest BCUT2D eigenvalue weighted by atomic mass is 9.95. The molecule has 2 aliphatic rings. The minimum absolute atomic E-state index is 0.0811. The minimum Gasteiger partial charge on any atom is -0.338 e. The van der Waals surface area contributed by atoms with Gasteiger partial charge >= 0.3 is 0 Å². The maximum atomic E-state index is 12.9. The number of amides is 1. The van der Waals surface area contributed by atoms with Crippen molar-refractivity contribution in [1.29, 1.82) is 0 Å². The predicted molar refractivity (Wildman–Crippen MR) is 123 cm³/mol. The molecular formula is C24H24ClN5O2. The van der Waals surface area contributed by atoms with Gasteiger partial charge in [0.25, 0.3) is 5.91 Å². The number of carbonyl (C=O) groups excluding carboxylic acids is 1. The van der Waals surface area contributed by atoms with Gasteiger partial charge in [0.05, 0.1) is 16.5 Å². The number of hydrogen-bond donors (Lipinski definition) is 0. The summed E-state index contributed by atoms with van der Waals surface area (Å²) in [5.74, 6) is 1.54. The number of halogens is 1. The molecule has 1 amide bonds. The van der Waals surface area contributed by atoms with E-state index < -0.39 is 0 Å². The first-order valence-corrected chi connectivity index (χ1v) is 11.3. The van der Waals surface area contributed by atoms with Crippen LogP contribution in [0.25, 0.3) is 11.4 Å². The topological polar surface area (TPSA) is 80.5 Å². The summed E-state index contributed by atoms with van der Waals surface area (Å²) < 4.78 is 2.01. The number of benzene rings is 2. The molecule has 2 aromatic carbocycles. The highest BCUT2D eigenvalue weighted by molar-refractivity contribution is 6.33. The molecule has 1 aromatic heterocycles. The van der Waals surface area contributed by atoms with Crippen molar-refractivity contribution in [3.8, 4) is 11.4 Å². The molecule has 0 bridgehead atoms. The Morgan fingerprint density at radius 1 is 1.09 bits per heavy atom. The first-order chi connectivity index (χ1) is 15.5. The van der Waals surface area contributed by atoms with Crippen LogP contribution in [-0.4, -0.2) is 44.7 Å². The van der Waals surface area contributed by atoms with E-state index in [1.807, 2.05) is 23.7 Å². The summed E-state index contributed by atoms with van der Waals surface area (Å²) >= 11 is 6.61. The Hall–Kier alpha value is -3.06. The van der Waals surface area contributed by atoms with E-state index in [-0.39, 0.29) is 17.4 Å². The molecule has 0 unspecified atom stereocenters. The molecule has 8 heteroatoms. The molecule has 2 heterocycles. The summed E-state index contributed by atoms with van der Waals surface area (Å²) in [5.41, 5.74) is 2.44. The van der Waals surface area contributed by atoms with Gasteiger partial charge in [0.1, 0.15) is 5.82 Å². The van der Waals surface area contributed by atoms with Crippen LogP contribution in [0.5, 0.6) is 0 Å². The van der Waals surface area contributed by atoms with Gasteiger partial charge in [-0.1, -0.05) is 47.1 Å². The SMILES string of the molecule is Cn1c(-c2ccc(C(=O)N3CCC(N=O)CC3)cc2Cl)nnc1C1(c2ccccc2)CC1. The molecule has 0 atom stereocenters. The zero-order chi connectivity index (χ0) is 22.3. The number of piperidine rings is 1. The van der Waals surface area contributed by atoms with Crippen molar-refractivity contribution in [2.45, 2.75) is 37.1 Å². The molecule has 0 N–H and O–H groups in total. The minimum atomic E-state index is -0.194. The summed E-state index contributed by atoms with van der Waals surface area (Å²) in [6.07, 6.45) is 3.29. The Labute approximate surface area is 191 Å². The fraction of sp³-hybridized carbons (Fsp3) is 0.375. The van der Waals surface area contributed by atoms with Gasteiger partial charge in [0.15, 0.2) is 5.82 Å². The molecule has 1 saturated heterocycles. The van der Waals surface area contributed by atoms with E-state index >= 15 is 0 Å². The molecule has 1 aliphatic carbocycles. The van der Waals surface area contributed by atoms with Crippen molar-refractivity contribution in [3.63, 3.8) is 0 Å². The lowest BCUT2D eigenvalue weighted by molar-refractivity contribution is 0.0715. The number of likely N-dealkylation sites (tertiary alicyclic amines) is 1. The zero-order valence-electron chi connectivity index (χ0n) is 17.9. The first-order valence-electron chi connectivity index (χ1n) is 10.9. The van der Waals surface area contributed by atoms with Crippen molar-refractivity contribution in [1.82, 2.24) is 19.7 Å². The smallest absolute Gasteiger partial charge is 0.253 e. The van der Waals surface area contributed by atoms with Gasteiger partial charge in [0, 0.05) is 31.3 Å². The monoisotopic (exact) mass is 449 g/mol. The largest absolute Gasteiger partial charge is 0.338 e. The van der Waals surface area contributed by atoms with E-state index in [4.69, 9.17) is 11.6 Å². The fourth-order valence-corrected chi connectivity index (χ4v) is 4.96. The van der Waals surface area contributed by atoms with Crippen molar-refractivity contribution in [3.05, 3.63) is 75.4 Å². The Morgan fingerprint density at radius 2 is 1.81 bits per heavy atom. The number of nitrogens with zero attached hydrogens (tertiary/aromatic N) is 5. The molecule has 3 aromatic rings. The average molecular weight is 450 g/mol. The number of carbonyl (C=O) groups is 1. The summed E-state index contributed by atoms with van der Waals surface area (Å²) in [6, 6.07) is 15.5. The first kappa shape index (κ1) is 20.8. The molecule has 1 saturated carbocycles. The predicted octanol–water partition coefficient (Wildman–Crippen LogP) is 4.59. The van der Waals surface area contributed by atoms with Crippen molar-refractivity contribution < 1.29 is 4.79 Å².